The third-order valence-corrected chi connectivity index (χ3v) is 7.43. The molecule has 5 N–H and O–H groups in total. The largest absolute Gasteiger partial charge is 0.444 e. The first-order valence-corrected chi connectivity index (χ1v) is 15.1. The molecule has 3 aliphatic heterocycles. The number of azide groups is 1. The van der Waals surface area contributed by atoms with Gasteiger partial charge in [-0.3, -0.25) is 0 Å². The molecular formula is C29H44N4O12. The number of ether oxygens (including phenoxy) is 7. The van der Waals surface area contributed by atoms with Crippen LogP contribution in [0.5, 0.6) is 0 Å². The normalized spacial score (nSPS) is 35.1. The predicted molar refractivity (Wildman–Crippen MR) is 154 cm³/mol. The molecule has 1 aromatic carbocycles. The lowest BCUT2D eigenvalue weighted by atomic mass is 9.96. The molecule has 16 nitrogen and oxygen atoms in total. The zero-order chi connectivity index (χ0) is 32.6. The first-order chi connectivity index (χ1) is 21.5. The second kappa shape index (κ2) is 16.3. The second-order valence-corrected chi connectivity index (χ2v) is 12.1. The second-order valence-electron chi connectivity index (χ2n) is 12.1. The van der Waals surface area contributed by atoms with Crippen LogP contribution in [0.3, 0.4) is 0 Å². The van der Waals surface area contributed by atoms with Crippen molar-refractivity contribution >= 4 is 6.09 Å². The van der Waals surface area contributed by atoms with Gasteiger partial charge in [0.05, 0.1) is 19.3 Å². The number of hydrogen-bond acceptors (Lipinski definition) is 13. The first kappa shape index (κ1) is 35.3. The van der Waals surface area contributed by atoms with Crippen molar-refractivity contribution in [3.8, 4) is 0 Å². The number of nitrogens with zero attached hydrogens (tertiary/aromatic N) is 3. The molecule has 0 bridgehead atoms. The lowest BCUT2D eigenvalue weighted by molar-refractivity contribution is -0.384. The van der Waals surface area contributed by atoms with Crippen LogP contribution in [0.15, 0.2) is 35.4 Å². The van der Waals surface area contributed by atoms with Gasteiger partial charge in [-0.2, -0.15) is 0 Å². The Kier molecular flexibility index (Phi) is 12.8. The van der Waals surface area contributed by atoms with Gasteiger partial charge in [-0.15, -0.1) is 0 Å². The number of carbonyl (C=O) groups excluding carboxylic acids is 1. The first-order valence-electron chi connectivity index (χ1n) is 15.1. The molecule has 0 saturated carbocycles. The van der Waals surface area contributed by atoms with E-state index in [1.165, 1.54) is 0 Å². The minimum absolute atomic E-state index is 0.0232. The Morgan fingerprint density at radius 2 is 1.73 bits per heavy atom. The number of unbranched alkanes of at least 4 members (excludes halogenated alkanes) is 2. The highest BCUT2D eigenvalue weighted by molar-refractivity contribution is 5.67. The number of alkyl carbamates (subject to hydrolysis) is 1. The number of aliphatic hydroxyl groups is 4. The van der Waals surface area contributed by atoms with Crippen LogP contribution in [0.25, 0.3) is 10.4 Å². The maximum absolute atomic E-state index is 11.7. The third-order valence-electron chi connectivity index (χ3n) is 7.43. The van der Waals surface area contributed by atoms with Crippen molar-refractivity contribution in [3.05, 3.63) is 46.3 Å². The number of amides is 1. The van der Waals surface area contributed by atoms with Crippen molar-refractivity contribution < 1.29 is 58.4 Å². The summed E-state index contributed by atoms with van der Waals surface area (Å²) in [6.07, 6.45) is -12.4. The van der Waals surface area contributed by atoms with Gasteiger partial charge >= 0.3 is 6.09 Å². The number of fused-ring (bicyclic) bond motifs is 1. The summed E-state index contributed by atoms with van der Waals surface area (Å²) in [4.78, 5) is 14.5. The summed E-state index contributed by atoms with van der Waals surface area (Å²) in [5.41, 5.74) is 9.05. The Bertz CT molecular complexity index is 1120. The zero-order valence-corrected chi connectivity index (χ0v) is 25.6. The van der Waals surface area contributed by atoms with Crippen molar-refractivity contribution in [2.45, 2.75) is 113 Å². The molecule has 11 atom stereocenters. The highest BCUT2D eigenvalue weighted by atomic mass is 16.8. The number of nitrogens with one attached hydrogen (secondary N) is 1. The van der Waals surface area contributed by atoms with Crippen molar-refractivity contribution in [1.29, 1.82) is 0 Å². The van der Waals surface area contributed by atoms with Crippen LogP contribution >= 0.6 is 0 Å². The fourth-order valence-corrected chi connectivity index (χ4v) is 5.21. The van der Waals surface area contributed by atoms with Gasteiger partial charge in [0.25, 0.3) is 0 Å². The van der Waals surface area contributed by atoms with Gasteiger partial charge in [0.15, 0.2) is 18.9 Å². The topological polar surface area (TPSA) is 223 Å². The Morgan fingerprint density at radius 3 is 2.44 bits per heavy atom. The minimum atomic E-state index is -1.59. The Balaban J connectivity index is 1.28. The van der Waals surface area contributed by atoms with Gasteiger partial charge in [0.2, 0.25) is 0 Å². The Labute approximate surface area is 261 Å². The number of benzene rings is 1. The molecule has 4 rings (SSSR count). The predicted octanol–water partition coefficient (Wildman–Crippen LogP) is 1.40. The molecule has 3 heterocycles. The summed E-state index contributed by atoms with van der Waals surface area (Å²) in [5.74, 6) is 0. The van der Waals surface area contributed by atoms with Crippen LogP contribution in [0.2, 0.25) is 0 Å². The number of hydrogen-bond donors (Lipinski definition) is 5. The van der Waals surface area contributed by atoms with Gasteiger partial charge in [-0.1, -0.05) is 35.4 Å². The summed E-state index contributed by atoms with van der Waals surface area (Å²) in [5, 5.41) is 49.7. The maximum atomic E-state index is 11.7. The van der Waals surface area contributed by atoms with E-state index in [9.17, 15) is 25.2 Å². The molecule has 0 aromatic heterocycles. The van der Waals surface area contributed by atoms with Crippen LogP contribution in [-0.4, -0.2) is 120 Å². The standard InChI is InChI=1S/C29H44N4O12/c1-29(2,3)45-28(38)31-12-8-5-9-13-39-26-21(36)19(34)23(17(41-26)14-32-33-30)44-27-22(37)20(35)24-18(42-27)15-40-25(43-24)16-10-6-4-7-11-16/h4,6-7,10-11,17-27,34-37H,5,8-9,12-15H2,1-3H3,(H,31,38)/t17?,18?,19-,20-,21?,22?,23-,24+,25?,26-,27+/m1/s1. The molecule has 45 heavy (non-hydrogen) atoms. The fourth-order valence-electron chi connectivity index (χ4n) is 5.21. The van der Waals surface area contributed by atoms with Crippen molar-refractivity contribution in [2.24, 2.45) is 5.11 Å². The van der Waals surface area contributed by atoms with Crippen LogP contribution in [-0.2, 0) is 33.2 Å². The molecule has 5 unspecified atom stereocenters. The van der Waals surface area contributed by atoms with Gasteiger partial charge < -0.3 is 58.9 Å². The summed E-state index contributed by atoms with van der Waals surface area (Å²) in [6.45, 7) is 5.67. The highest BCUT2D eigenvalue weighted by Gasteiger charge is 2.53. The van der Waals surface area contributed by atoms with E-state index in [0.717, 1.165) is 5.56 Å². The molecule has 3 saturated heterocycles. The van der Waals surface area contributed by atoms with Crippen LogP contribution in [0, 0.1) is 0 Å². The molecule has 0 spiro atoms. The number of rotatable bonds is 12. The molecule has 252 valence electrons. The molecular weight excluding hydrogens is 596 g/mol. The fraction of sp³-hybridized carbons (Fsp3) is 0.759. The van der Waals surface area contributed by atoms with E-state index in [-0.39, 0.29) is 19.8 Å². The molecule has 3 aliphatic rings. The van der Waals surface area contributed by atoms with E-state index in [1.54, 1.807) is 20.8 Å². The SMILES string of the molecule is CC(C)(C)OC(=O)NCCCCCO[C@@H]1OC(CN=[N+]=[N-])[C@@H](O[C@@H]2OC3COC(c4ccccc4)O[C@@H]3[C@H](O)C2O)[C@H](O)C1O. The Hall–Kier alpha value is -2.60. The van der Waals surface area contributed by atoms with E-state index in [4.69, 9.17) is 38.7 Å². The van der Waals surface area contributed by atoms with E-state index in [0.29, 0.717) is 25.8 Å². The molecule has 0 aliphatic carbocycles. The van der Waals surface area contributed by atoms with Crippen LogP contribution in [0.4, 0.5) is 4.79 Å². The smallest absolute Gasteiger partial charge is 0.407 e. The maximum Gasteiger partial charge on any atom is 0.407 e. The van der Waals surface area contributed by atoms with Crippen LogP contribution in [0.1, 0.15) is 51.9 Å². The molecule has 16 heteroatoms. The van der Waals surface area contributed by atoms with Gasteiger partial charge in [0.1, 0.15) is 48.3 Å². The van der Waals surface area contributed by atoms with E-state index >= 15 is 0 Å². The molecule has 1 amide bonds. The summed E-state index contributed by atoms with van der Waals surface area (Å²) < 4.78 is 40.1. The molecule has 3 fully saturated rings. The third kappa shape index (κ3) is 9.70. The zero-order valence-electron chi connectivity index (χ0n) is 25.6. The minimum Gasteiger partial charge on any atom is -0.444 e. The summed E-state index contributed by atoms with van der Waals surface area (Å²) in [6, 6.07) is 9.12. The number of aliphatic hydroxyl groups excluding tert-OH is 4. The summed E-state index contributed by atoms with van der Waals surface area (Å²) in [7, 11) is 0. The van der Waals surface area contributed by atoms with Gasteiger partial charge in [-0.25, -0.2) is 4.79 Å². The van der Waals surface area contributed by atoms with Crippen molar-refractivity contribution in [1.82, 2.24) is 5.32 Å². The average Bonchev–Trinajstić information content (AvgIpc) is 3.01. The highest BCUT2D eigenvalue weighted by Crippen LogP contribution is 2.36. The number of carbonyl (C=O) groups is 1. The van der Waals surface area contributed by atoms with E-state index in [2.05, 4.69) is 15.3 Å². The van der Waals surface area contributed by atoms with Gasteiger partial charge in [-0.05, 0) is 45.6 Å². The van der Waals surface area contributed by atoms with Crippen LogP contribution < -0.4 is 5.32 Å². The van der Waals surface area contributed by atoms with Gasteiger partial charge in [0, 0.05) is 23.6 Å². The summed E-state index contributed by atoms with van der Waals surface area (Å²) >= 11 is 0. The average molecular weight is 641 g/mol. The molecule has 1 aromatic rings. The van der Waals surface area contributed by atoms with Crippen molar-refractivity contribution in [2.75, 3.05) is 26.3 Å². The lowest BCUT2D eigenvalue weighted by Crippen LogP contribution is -2.65. The monoisotopic (exact) mass is 640 g/mol. The van der Waals surface area contributed by atoms with E-state index < -0.39 is 79.4 Å². The lowest BCUT2D eigenvalue weighted by Gasteiger charge is -2.48. The van der Waals surface area contributed by atoms with Crippen molar-refractivity contribution in [3.63, 3.8) is 0 Å². The van der Waals surface area contributed by atoms with E-state index in [1.807, 2.05) is 30.3 Å². The molecule has 0 radical (unpaired) electrons. The quantitative estimate of drug-likeness (QED) is 0.0946. The Morgan fingerprint density at radius 1 is 1.00 bits per heavy atom.